The fourth-order valence-electron chi connectivity index (χ4n) is 8.38. The Morgan fingerprint density at radius 2 is 1.24 bits per heavy atom. The van der Waals surface area contributed by atoms with Gasteiger partial charge < -0.3 is 9.13 Å². The lowest BCUT2D eigenvalue weighted by atomic mass is 9.97. The Labute approximate surface area is 294 Å². The molecule has 238 valence electrons. The SMILES string of the molecule is C1=CC2=[N+](c3cc(-c4cccnc4)cc(-c4cccnc4)c3)c3cccc4c5cc6c(cc5n(c34)C2C=C1)c1ccccc1n6-c1ccccc1. The fourth-order valence-corrected chi connectivity index (χ4v) is 8.38. The Bertz CT molecular complexity index is 2890. The lowest BCUT2D eigenvalue weighted by Crippen LogP contribution is -2.30. The van der Waals surface area contributed by atoms with Gasteiger partial charge >= 0.3 is 0 Å². The zero-order valence-corrected chi connectivity index (χ0v) is 27.6. The van der Waals surface area contributed by atoms with E-state index in [1.807, 2.05) is 36.9 Å². The first kappa shape index (κ1) is 28.0. The van der Waals surface area contributed by atoms with Crippen LogP contribution in [0.25, 0.3) is 71.6 Å². The minimum atomic E-state index is 0.00807. The van der Waals surface area contributed by atoms with Crippen LogP contribution in [0.3, 0.4) is 0 Å². The van der Waals surface area contributed by atoms with E-state index < -0.39 is 0 Å². The van der Waals surface area contributed by atoms with Crippen LogP contribution in [0.5, 0.6) is 0 Å². The summed E-state index contributed by atoms with van der Waals surface area (Å²) >= 11 is 0. The molecule has 5 aromatic carbocycles. The molecule has 0 amide bonds. The molecule has 1 aliphatic carbocycles. The predicted molar refractivity (Wildman–Crippen MR) is 210 cm³/mol. The van der Waals surface area contributed by atoms with Crippen LogP contribution in [0.1, 0.15) is 6.04 Å². The second-order valence-corrected chi connectivity index (χ2v) is 13.3. The highest BCUT2D eigenvalue weighted by Crippen LogP contribution is 2.46. The van der Waals surface area contributed by atoms with E-state index in [4.69, 9.17) is 0 Å². The molecule has 1 unspecified atom stereocenters. The summed E-state index contributed by atoms with van der Waals surface area (Å²) in [5, 5.41) is 5.01. The summed E-state index contributed by atoms with van der Waals surface area (Å²) in [6, 6.07) is 46.2. The number of fused-ring (bicyclic) bond motifs is 8. The molecule has 2 aliphatic rings. The number of rotatable bonds is 4. The summed E-state index contributed by atoms with van der Waals surface area (Å²) in [5.41, 5.74) is 13.9. The molecule has 5 heterocycles. The minimum Gasteiger partial charge on any atom is -0.318 e. The Kier molecular flexibility index (Phi) is 5.95. The minimum absolute atomic E-state index is 0.00807. The van der Waals surface area contributed by atoms with Gasteiger partial charge in [-0.05, 0) is 59.7 Å². The summed E-state index contributed by atoms with van der Waals surface area (Å²) in [6.07, 6.45) is 16.5. The van der Waals surface area contributed by atoms with Gasteiger partial charge in [0.15, 0.2) is 0 Å². The van der Waals surface area contributed by atoms with Crippen LogP contribution in [0, 0.1) is 0 Å². The van der Waals surface area contributed by atoms with Gasteiger partial charge in [0.2, 0.25) is 17.1 Å². The molecule has 0 N–H and O–H groups in total. The van der Waals surface area contributed by atoms with E-state index in [9.17, 15) is 0 Å². The molecule has 11 rings (SSSR count). The zero-order valence-electron chi connectivity index (χ0n) is 27.6. The van der Waals surface area contributed by atoms with E-state index in [0.717, 1.165) is 39.3 Å². The highest BCUT2D eigenvalue weighted by Gasteiger charge is 2.38. The van der Waals surface area contributed by atoms with E-state index in [2.05, 4.69) is 163 Å². The molecule has 1 aliphatic heterocycles. The number of nitrogens with zero attached hydrogens (tertiary/aromatic N) is 5. The van der Waals surface area contributed by atoms with Gasteiger partial charge in [-0.15, -0.1) is 0 Å². The van der Waals surface area contributed by atoms with Crippen molar-refractivity contribution in [2.75, 3.05) is 0 Å². The number of hydrogen-bond donors (Lipinski definition) is 0. The van der Waals surface area contributed by atoms with Gasteiger partial charge in [0.1, 0.15) is 11.6 Å². The van der Waals surface area contributed by atoms with Gasteiger partial charge in [-0.1, -0.05) is 78.9 Å². The van der Waals surface area contributed by atoms with Crippen molar-refractivity contribution in [3.63, 3.8) is 0 Å². The molecule has 0 bridgehead atoms. The topological polar surface area (TPSA) is 38.6 Å². The first-order valence-corrected chi connectivity index (χ1v) is 17.3. The summed E-state index contributed by atoms with van der Waals surface area (Å²) in [4.78, 5) is 8.93. The van der Waals surface area contributed by atoms with Crippen LogP contribution >= 0.6 is 0 Å². The van der Waals surface area contributed by atoms with E-state index in [1.165, 1.54) is 49.3 Å². The Hall–Kier alpha value is -6.85. The maximum Gasteiger partial charge on any atom is 0.235 e. The van der Waals surface area contributed by atoms with Crippen LogP contribution in [0.2, 0.25) is 0 Å². The van der Waals surface area contributed by atoms with E-state index in [0.29, 0.717) is 0 Å². The Morgan fingerprint density at radius 1 is 0.529 bits per heavy atom. The quantitative estimate of drug-likeness (QED) is 0.178. The van der Waals surface area contributed by atoms with Gasteiger partial charge in [0.25, 0.3) is 0 Å². The van der Waals surface area contributed by atoms with Crippen molar-refractivity contribution < 1.29 is 0 Å². The molecule has 0 spiro atoms. The number of aromatic nitrogens is 4. The van der Waals surface area contributed by atoms with E-state index >= 15 is 0 Å². The van der Waals surface area contributed by atoms with Gasteiger partial charge in [-0.2, -0.15) is 4.58 Å². The molecule has 1 atom stereocenters. The second kappa shape index (κ2) is 10.8. The largest absolute Gasteiger partial charge is 0.318 e. The average molecular weight is 653 g/mol. The standard InChI is InChI=1S/C46H30N5/c1-2-13-34(14-3-1)49-40-17-5-4-15-36(40)38-26-45-39(27-44(38)49)37-16-8-20-43-46(37)51(45)42-19-7-6-18-41(42)50(43)35-24-32(30-11-9-21-47-28-30)23-33(25-35)31-12-10-22-48-29-31/h1-29,42H/q+1. The van der Waals surface area contributed by atoms with Gasteiger partial charge in [-0.25, -0.2) is 0 Å². The molecular weight excluding hydrogens is 623 g/mol. The van der Waals surface area contributed by atoms with Crippen LogP contribution < -0.4 is 4.58 Å². The van der Waals surface area contributed by atoms with Gasteiger partial charge in [-0.3, -0.25) is 9.97 Å². The smallest absolute Gasteiger partial charge is 0.235 e. The third-order valence-electron chi connectivity index (χ3n) is 10.5. The monoisotopic (exact) mass is 652 g/mol. The van der Waals surface area contributed by atoms with Crippen molar-refractivity contribution in [3.05, 3.63) is 176 Å². The average Bonchev–Trinajstić information content (AvgIpc) is 3.71. The molecule has 51 heavy (non-hydrogen) atoms. The molecule has 5 heteroatoms. The van der Waals surface area contributed by atoms with E-state index in [1.54, 1.807) is 0 Å². The molecule has 0 radical (unpaired) electrons. The predicted octanol–water partition coefficient (Wildman–Crippen LogP) is 11.0. The molecule has 0 saturated carbocycles. The number of allylic oxidation sites excluding steroid dienone is 4. The molecule has 0 fully saturated rings. The molecule has 9 aromatic rings. The van der Waals surface area contributed by atoms with Crippen LogP contribution in [0.15, 0.2) is 176 Å². The summed E-state index contributed by atoms with van der Waals surface area (Å²) in [5.74, 6) is 0. The zero-order chi connectivity index (χ0) is 33.5. The summed E-state index contributed by atoms with van der Waals surface area (Å²) in [7, 11) is 0. The highest BCUT2D eigenvalue weighted by molar-refractivity contribution is 6.22. The summed E-state index contributed by atoms with van der Waals surface area (Å²) < 4.78 is 7.44. The third-order valence-corrected chi connectivity index (χ3v) is 10.5. The summed E-state index contributed by atoms with van der Waals surface area (Å²) in [6.45, 7) is 0. The Balaban J connectivity index is 1.22. The van der Waals surface area contributed by atoms with Crippen molar-refractivity contribution in [2.24, 2.45) is 0 Å². The molecule has 0 saturated heterocycles. The number of pyridine rings is 2. The van der Waals surface area contributed by atoms with Crippen LogP contribution in [-0.4, -0.2) is 24.8 Å². The maximum absolute atomic E-state index is 4.46. The number of para-hydroxylation sites is 3. The first-order chi connectivity index (χ1) is 25.3. The molecular formula is C46H30N5+. The number of hydrogen-bond acceptors (Lipinski definition) is 2. The third kappa shape index (κ3) is 4.12. The maximum atomic E-state index is 4.46. The van der Waals surface area contributed by atoms with Gasteiger partial charge in [0.05, 0.1) is 16.6 Å². The highest BCUT2D eigenvalue weighted by atomic mass is 15.2. The molecule has 4 aromatic heterocycles. The van der Waals surface area contributed by atoms with Crippen LogP contribution in [0.4, 0.5) is 11.4 Å². The first-order valence-electron chi connectivity index (χ1n) is 17.3. The molecule has 5 nitrogen and oxygen atoms in total. The lowest BCUT2D eigenvalue weighted by molar-refractivity contribution is 0.781. The fraction of sp³-hybridized carbons (Fsp3) is 0.0217. The van der Waals surface area contributed by atoms with Crippen molar-refractivity contribution >= 4 is 60.7 Å². The van der Waals surface area contributed by atoms with Crippen molar-refractivity contribution in [1.29, 1.82) is 0 Å². The lowest BCUT2D eigenvalue weighted by Gasteiger charge is -2.25. The van der Waals surface area contributed by atoms with Crippen molar-refractivity contribution in [2.45, 2.75) is 6.04 Å². The second-order valence-electron chi connectivity index (χ2n) is 13.3. The van der Waals surface area contributed by atoms with Crippen molar-refractivity contribution in [1.82, 2.24) is 23.7 Å². The number of benzene rings is 5. The van der Waals surface area contributed by atoms with Gasteiger partial charge in [0, 0.05) is 87.4 Å². The Morgan fingerprint density at radius 3 is 2.00 bits per heavy atom. The van der Waals surface area contributed by atoms with Crippen molar-refractivity contribution in [3.8, 4) is 27.9 Å². The van der Waals surface area contributed by atoms with Crippen LogP contribution in [-0.2, 0) is 0 Å². The normalized spacial score (nSPS) is 15.0. The van der Waals surface area contributed by atoms with E-state index in [-0.39, 0.29) is 6.04 Å².